The van der Waals surface area contributed by atoms with Gasteiger partial charge in [-0.15, -0.1) is 0 Å². The minimum Gasteiger partial charge on any atom is -0.271 e. The fourth-order valence-electron chi connectivity index (χ4n) is 2.49. The average Bonchev–Trinajstić information content (AvgIpc) is 2.80. The molecular weight excluding hydrogens is 205 g/mol. The van der Waals surface area contributed by atoms with Crippen molar-refractivity contribution in [1.82, 2.24) is 10.4 Å². The van der Waals surface area contributed by atoms with E-state index in [1.165, 1.54) is 31.7 Å². The first-order chi connectivity index (χ1) is 7.81. The van der Waals surface area contributed by atoms with Crippen molar-refractivity contribution < 1.29 is 4.39 Å². The predicted molar refractivity (Wildman–Crippen MR) is 60.8 cm³/mol. The van der Waals surface area contributed by atoms with E-state index in [0.29, 0.717) is 11.6 Å². The molecule has 0 aromatic carbocycles. The molecule has 3 N–H and O–H groups in total. The van der Waals surface area contributed by atoms with Crippen molar-refractivity contribution in [3.8, 4) is 0 Å². The summed E-state index contributed by atoms with van der Waals surface area (Å²) in [5.74, 6) is 5.88. The van der Waals surface area contributed by atoms with Gasteiger partial charge in [0.1, 0.15) is 5.82 Å². The Balaban J connectivity index is 2.06. The number of hydrazine groups is 1. The first-order valence-electron chi connectivity index (χ1n) is 5.88. The molecule has 0 saturated heterocycles. The third-order valence-corrected chi connectivity index (χ3v) is 3.36. The second-order valence-corrected chi connectivity index (χ2v) is 4.48. The summed E-state index contributed by atoms with van der Waals surface area (Å²) in [6, 6.07) is 2.87. The third kappa shape index (κ3) is 2.57. The molecule has 1 aromatic rings. The Labute approximate surface area is 95.2 Å². The van der Waals surface area contributed by atoms with Gasteiger partial charge in [-0.25, -0.2) is 4.39 Å². The number of rotatable bonds is 4. The minimum absolute atomic E-state index is 0.163. The zero-order valence-electron chi connectivity index (χ0n) is 9.32. The maximum Gasteiger partial charge on any atom is 0.146 e. The predicted octanol–water partition coefficient (Wildman–Crippen LogP) is 2.31. The molecule has 16 heavy (non-hydrogen) atoms. The molecule has 1 heterocycles. The van der Waals surface area contributed by atoms with Gasteiger partial charge in [-0.05, 0) is 24.5 Å². The van der Waals surface area contributed by atoms with Crippen LogP contribution in [0.25, 0.3) is 0 Å². The van der Waals surface area contributed by atoms with E-state index in [4.69, 9.17) is 5.84 Å². The summed E-state index contributed by atoms with van der Waals surface area (Å²) >= 11 is 0. The van der Waals surface area contributed by atoms with Gasteiger partial charge in [0, 0.05) is 6.20 Å². The smallest absolute Gasteiger partial charge is 0.146 e. The highest BCUT2D eigenvalue weighted by Crippen LogP contribution is 2.32. The molecule has 0 spiro atoms. The van der Waals surface area contributed by atoms with E-state index in [0.717, 1.165) is 6.42 Å². The first kappa shape index (κ1) is 11.5. The first-order valence-corrected chi connectivity index (χ1v) is 5.88. The number of nitrogens with two attached hydrogens (primary N) is 1. The molecule has 1 aromatic heterocycles. The van der Waals surface area contributed by atoms with E-state index in [9.17, 15) is 4.39 Å². The van der Waals surface area contributed by atoms with Crippen LogP contribution in [0.15, 0.2) is 18.3 Å². The van der Waals surface area contributed by atoms with E-state index in [2.05, 4.69) is 10.4 Å². The van der Waals surface area contributed by atoms with Crippen molar-refractivity contribution in [2.75, 3.05) is 0 Å². The number of hydrogen-bond acceptors (Lipinski definition) is 3. The van der Waals surface area contributed by atoms with E-state index >= 15 is 0 Å². The summed E-state index contributed by atoms with van der Waals surface area (Å²) in [5, 5.41) is 0. The van der Waals surface area contributed by atoms with Crippen LogP contribution in [0.2, 0.25) is 0 Å². The number of nitrogens with one attached hydrogen (secondary N) is 1. The van der Waals surface area contributed by atoms with Crippen LogP contribution in [0.3, 0.4) is 0 Å². The number of aromatic nitrogens is 1. The fourth-order valence-corrected chi connectivity index (χ4v) is 2.49. The van der Waals surface area contributed by atoms with E-state index < -0.39 is 0 Å². The lowest BCUT2D eigenvalue weighted by Gasteiger charge is -2.19. The number of pyridine rings is 1. The summed E-state index contributed by atoms with van der Waals surface area (Å²) in [6.07, 6.45) is 7.51. The Kier molecular flexibility index (Phi) is 3.85. The van der Waals surface area contributed by atoms with Gasteiger partial charge in [0.2, 0.25) is 0 Å². The summed E-state index contributed by atoms with van der Waals surface area (Å²) < 4.78 is 13.5. The molecule has 0 amide bonds. The van der Waals surface area contributed by atoms with E-state index in [-0.39, 0.29) is 11.9 Å². The monoisotopic (exact) mass is 223 g/mol. The third-order valence-electron chi connectivity index (χ3n) is 3.36. The molecule has 1 fully saturated rings. The van der Waals surface area contributed by atoms with Crippen LogP contribution >= 0.6 is 0 Å². The SMILES string of the molecule is NNC(CC1CCCC1)c1ncccc1F. The number of hydrogen-bond donors (Lipinski definition) is 2. The van der Waals surface area contributed by atoms with Gasteiger partial charge < -0.3 is 0 Å². The molecule has 3 nitrogen and oxygen atoms in total. The lowest BCUT2D eigenvalue weighted by molar-refractivity contribution is 0.382. The highest BCUT2D eigenvalue weighted by molar-refractivity contribution is 5.11. The van der Waals surface area contributed by atoms with E-state index in [1.54, 1.807) is 12.3 Å². The van der Waals surface area contributed by atoms with Crippen molar-refractivity contribution in [1.29, 1.82) is 0 Å². The van der Waals surface area contributed by atoms with Gasteiger partial charge in [-0.1, -0.05) is 25.7 Å². The minimum atomic E-state index is -0.275. The molecule has 1 atom stereocenters. The van der Waals surface area contributed by atoms with Crippen LogP contribution in [0.5, 0.6) is 0 Å². The topological polar surface area (TPSA) is 50.9 Å². The maximum absolute atomic E-state index is 13.5. The highest BCUT2D eigenvalue weighted by atomic mass is 19.1. The fraction of sp³-hybridized carbons (Fsp3) is 0.583. The Morgan fingerprint density at radius 2 is 2.25 bits per heavy atom. The quantitative estimate of drug-likeness (QED) is 0.608. The maximum atomic E-state index is 13.5. The zero-order chi connectivity index (χ0) is 11.4. The largest absolute Gasteiger partial charge is 0.271 e. The number of halogens is 1. The molecule has 0 aliphatic heterocycles. The van der Waals surface area contributed by atoms with Crippen molar-refractivity contribution in [2.45, 2.75) is 38.1 Å². The molecule has 1 saturated carbocycles. The van der Waals surface area contributed by atoms with Crippen molar-refractivity contribution >= 4 is 0 Å². The van der Waals surface area contributed by atoms with Crippen LogP contribution in [0, 0.1) is 11.7 Å². The second-order valence-electron chi connectivity index (χ2n) is 4.48. The molecule has 0 radical (unpaired) electrons. The van der Waals surface area contributed by atoms with E-state index in [1.807, 2.05) is 0 Å². The lowest BCUT2D eigenvalue weighted by Crippen LogP contribution is -2.30. The molecule has 1 aliphatic carbocycles. The normalized spacial score (nSPS) is 18.9. The van der Waals surface area contributed by atoms with Crippen LogP contribution in [0.4, 0.5) is 4.39 Å². The molecule has 88 valence electrons. The van der Waals surface area contributed by atoms with Crippen LogP contribution < -0.4 is 11.3 Å². The highest BCUT2D eigenvalue weighted by Gasteiger charge is 2.23. The van der Waals surface area contributed by atoms with Gasteiger partial charge in [-0.2, -0.15) is 0 Å². The van der Waals surface area contributed by atoms with Crippen molar-refractivity contribution in [3.05, 3.63) is 29.8 Å². The summed E-state index contributed by atoms with van der Waals surface area (Å²) in [4.78, 5) is 4.07. The van der Waals surface area contributed by atoms with Gasteiger partial charge in [-0.3, -0.25) is 16.3 Å². The second kappa shape index (κ2) is 5.37. The molecule has 4 heteroatoms. The Hall–Kier alpha value is -1.00. The summed E-state index contributed by atoms with van der Waals surface area (Å²) in [6.45, 7) is 0. The molecule has 2 rings (SSSR count). The Morgan fingerprint density at radius 1 is 1.50 bits per heavy atom. The molecular formula is C12H18FN3. The van der Waals surface area contributed by atoms with Gasteiger partial charge in [0.05, 0.1) is 11.7 Å². The molecule has 0 bridgehead atoms. The van der Waals surface area contributed by atoms with Gasteiger partial charge in [0.15, 0.2) is 0 Å². The average molecular weight is 223 g/mol. The Bertz CT molecular complexity index is 337. The number of nitrogens with zero attached hydrogens (tertiary/aromatic N) is 1. The van der Waals surface area contributed by atoms with Crippen molar-refractivity contribution in [3.63, 3.8) is 0 Å². The van der Waals surface area contributed by atoms with Crippen molar-refractivity contribution in [2.24, 2.45) is 11.8 Å². The standard InChI is InChI=1S/C12H18FN3/c13-10-6-3-7-15-12(10)11(16-14)8-9-4-1-2-5-9/h3,6-7,9,11,16H,1-2,4-5,8,14H2. The summed E-state index contributed by atoms with van der Waals surface area (Å²) in [5.41, 5.74) is 3.13. The van der Waals surface area contributed by atoms with Crippen LogP contribution in [0.1, 0.15) is 43.8 Å². The summed E-state index contributed by atoms with van der Waals surface area (Å²) in [7, 11) is 0. The van der Waals surface area contributed by atoms with Crippen LogP contribution in [-0.4, -0.2) is 4.98 Å². The van der Waals surface area contributed by atoms with Crippen LogP contribution in [-0.2, 0) is 0 Å². The van der Waals surface area contributed by atoms with Gasteiger partial charge in [0.25, 0.3) is 0 Å². The molecule has 1 aliphatic rings. The lowest BCUT2D eigenvalue weighted by atomic mass is 9.96. The zero-order valence-corrected chi connectivity index (χ0v) is 9.32. The molecule has 1 unspecified atom stereocenters. The van der Waals surface area contributed by atoms with Gasteiger partial charge >= 0.3 is 0 Å². The Morgan fingerprint density at radius 3 is 2.88 bits per heavy atom.